The van der Waals surface area contributed by atoms with E-state index in [2.05, 4.69) is 0 Å². The highest BCUT2D eigenvalue weighted by Crippen LogP contribution is 2.40. The highest BCUT2D eigenvalue weighted by atomic mass is 16.5. The Balaban J connectivity index is 2.46. The van der Waals surface area contributed by atoms with E-state index < -0.39 is 24.0 Å². The molecule has 0 saturated carbocycles. The molecule has 3 rings (SSSR count). The average Bonchev–Trinajstić information content (AvgIpc) is 2.66. The summed E-state index contributed by atoms with van der Waals surface area (Å²) in [6, 6.07) is 2.33. The molecule has 0 bridgehead atoms. The molecule has 0 atom stereocenters. The molecule has 30 heavy (non-hydrogen) atoms. The second-order valence-corrected chi connectivity index (χ2v) is 7.68. The van der Waals surface area contributed by atoms with Gasteiger partial charge in [-0.2, -0.15) is 0 Å². The van der Waals surface area contributed by atoms with Gasteiger partial charge in [-0.1, -0.05) is 23.3 Å². The van der Waals surface area contributed by atoms with Gasteiger partial charge in [-0.25, -0.2) is 0 Å². The van der Waals surface area contributed by atoms with Gasteiger partial charge in [-0.3, -0.25) is 4.79 Å². The SMILES string of the molecule is [2H]C([2H])([2H])Oc1c(O)cc2oc3cc(O)c(CC=C(C)C)c(O)c3c(=O)c2c1CC=C(C)C. The van der Waals surface area contributed by atoms with Crippen LogP contribution >= 0.6 is 0 Å². The van der Waals surface area contributed by atoms with E-state index >= 15 is 0 Å². The van der Waals surface area contributed by atoms with Crippen LogP contribution in [-0.2, 0) is 12.8 Å². The largest absolute Gasteiger partial charge is 0.507 e. The number of allylic oxidation sites excluding steroid dienone is 4. The van der Waals surface area contributed by atoms with Crippen molar-refractivity contribution in [3.63, 3.8) is 0 Å². The number of phenols is 3. The summed E-state index contributed by atoms with van der Waals surface area (Å²) in [7, 11) is -2.87. The Morgan fingerprint density at radius 3 is 2.13 bits per heavy atom. The van der Waals surface area contributed by atoms with Gasteiger partial charge in [0.1, 0.15) is 28.1 Å². The number of benzene rings is 2. The van der Waals surface area contributed by atoms with Gasteiger partial charge in [0.15, 0.2) is 11.5 Å². The molecule has 0 amide bonds. The third-order valence-corrected chi connectivity index (χ3v) is 4.87. The predicted molar refractivity (Wildman–Crippen MR) is 118 cm³/mol. The molecule has 3 N–H and O–H groups in total. The molecule has 0 spiro atoms. The zero-order chi connectivity index (χ0) is 24.7. The maximum atomic E-state index is 13.6. The molecule has 0 aliphatic carbocycles. The van der Waals surface area contributed by atoms with E-state index in [1.165, 1.54) is 6.07 Å². The van der Waals surface area contributed by atoms with Gasteiger partial charge in [0.05, 0.1) is 16.5 Å². The van der Waals surface area contributed by atoms with Crippen LogP contribution in [0.15, 0.2) is 44.6 Å². The lowest BCUT2D eigenvalue weighted by Gasteiger charge is -2.14. The molecule has 0 aliphatic heterocycles. The van der Waals surface area contributed by atoms with E-state index in [0.717, 1.165) is 17.2 Å². The molecule has 3 aromatic rings. The number of methoxy groups -OCH3 is 1. The normalized spacial score (nSPS) is 12.9. The van der Waals surface area contributed by atoms with Crippen LogP contribution in [0, 0.1) is 0 Å². The smallest absolute Gasteiger partial charge is 0.204 e. The summed E-state index contributed by atoms with van der Waals surface area (Å²) in [6.45, 7) is 7.39. The Morgan fingerprint density at radius 1 is 0.967 bits per heavy atom. The lowest BCUT2D eigenvalue weighted by atomic mass is 9.98. The first-order chi connectivity index (χ1) is 15.3. The third kappa shape index (κ3) is 3.73. The van der Waals surface area contributed by atoms with E-state index in [-0.39, 0.29) is 57.4 Å². The topological polar surface area (TPSA) is 100 Å². The molecule has 0 radical (unpaired) electrons. The van der Waals surface area contributed by atoms with Gasteiger partial charge in [-0.15, -0.1) is 0 Å². The summed E-state index contributed by atoms with van der Waals surface area (Å²) < 4.78 is 33.2. The number of phenolic OH excluding ortho intramolecular Hbond substituents is 3. The number of ether oxygens (including phenoxy) is 1. The van der Waals surface area contributed by atoms with Gasteiger partial charge >= 0.3 is 0 Å². The molecule has 6 nitrogen and oxygen atoms in total. The first-order valence-corrected chi connectivity index (χ1v) is 9.45. The predicted octanol–water partition coefficient (Wildman–Crippen LogP) is 5.09. The fourth-order valence-electron chi connectivity index (χ4n) is 3.35. The first kappa shape index (κ1) is 17.4. The van der Waals surface area contributed by atoms with Crippen LogP contribution in [-0.4, -0.2) is 22.4 Å². The summed E-state index contributed by atoms with van der Waals surface area (Å²) in [5.41, 5.74) is 1.42. The number of fused-ring (bicyclic) bond motifs is 2. The van der Waals surface area contributed by atoms with Crippen LogP contribution in [0.3, 0.4) is 0 Å². The lowest BCUT2D eigenvalue weighted by Crippen LogP contribution is -2.08. The Morgan fingerprint density at radius 2 is 1.53 bits per heavy atom. The van der Waals surface area contributed by atoms with Crippen molar-refractivity contribution in [2.24, 2.45) is 0 Å². The number of rotatable bonds is 5. The van der Waals surface area contributed by atoms with Crippen LogP contribution < -0.4 is 10.2 Å². The quantitative estimate of drug-likeness (QED) is 0.398. The summed E-state index contributed by atoms with van der Waals surface area (Å²) in [5, 5.41) is 31.6. The molecule has 0 fully saturated rings. The van der Waals surface area contributed by atoms with Crippen molar-refractivity contribution in [2.45, 2.75) is 40.5 Å². The maximum absolute atomic E-state index is 13.6. The molecule has 0 saturated heterocycles. The monoisotopic (exact) mass is 413 g/mol. The Bertz CT molecular complexity index is 1360. The molecule has 0 unspecified atom stereocenters. The van der Waals surface area contributed by atoms with Crippen molar-refractivity contribution in [1.29, 1.82) is 0 Å². The summed E-state index contributed by atoms with van der Waals surface area (Å²) in [5.74, 6) is -1.52. The van der Waals surface area contributed by atoms with Crippen molar-refractivity contribution in [1.82, 2.24) is 0 Å². The molecule has 2 aromatic carbocycles. The average molecular weight is 413 g/mol. The summed E-state index contributed by atoms with van der Waals surface area (Å²) >= 11 is 0. The van der Waals surface area contributed by atoms with E-state index in [9.17, 15) is 20.1 Å². The summed E-state index contributed by atoms with van der Waals surface area (Å²) in [4.78, 5) is 13.6. The van der Waals surface area contributed by atoms with Crippen LogP contribution in [0.5, 0.6) is 23.0 Å². The lowest BCUT2D eigenvalue weighted by molar-refractivity contribution is 0.370. The first-order valence-electron chi connectivity index (χ1n) is 10.9. The maximum Gasteiger partial charge on any atom is 0.204 e. The zero-order valence-corrected chi connectivity index (χ0v) is 17.3. The standard InChI is InChI=1S/C24H26O6/c1-12(2)6-8-14-16(25)10-19-21(22(14)27)23(28)20-15(9-7-13(3)4)24(29-5)17(26)11-18(20)30-19/h6-7,10-11,25-27H,8-9H2,1-5H3/i5D3. The Kier molecular flexibility index (Phi) is 4.74. The van der Waals surface area contributed by atoms with Crippen molar-refractivity contribution >= 4 is 21.9 Å². The highest BCUT2D eigenvalue weighted by molar-refractivity contribution is 5.97. The van der Waals surface area contributed by atoms with Gasteiger partial charge in [0.2, 0.25) is 5.43 Å². The van der Waals surface area contributed by atoms with Crippen molar-refractivity contribution < 1.29 is 28.6 Å². The fraction of sp³-hybridized carbons (Fsp3) is 0.292. The van der Waals surface area contributed by atoms with Crippen molar-refractivity contribution in [3.8, 4) is 23.0 Å². The zero-order valence-electron chi connectivity index (χ0n) is 20.3. The molecular weight excluding hydrogens is 384 g/mol. The van der Waals surface area contributed by atoms with Gasteiger partial charge < -0.3 is 24.5 Å². The molecule has 0 aliphatic rings. The van der Waals surface area contributed by atoms with E-state index in [4.69, 9.17) is 13.3 Å². The Labute approximate surface area is 178 Å². The highest BCUT2D eigenvalue weighted by Gasteiger charge is 2.23. The van der Waals surface area contributed by atoms with Crippen LogP contribution in [0.2, 0.25) is 0 Å². The molecule has 1 heterocycles. The van der Waals surface area contributed by atoms with E-state index in [0.29, 0.717) is 0 Å². The summed E-state index contributed by atoms with van der Waals surface area (Å²) in [6.07, 6.45) is 3.82. The Hall–Kier alpha value is -3.41. The minimum atomic E-state index is -2.87. The molecule has 158 valence electrons. The van der Waals surface area contributed by atoms with Gasteiger partial charge in [0, 0.05) is 23.3 Å². The van der Waals surface area contributed by atoms with Gasteiger partial charge in [0.25, 0.3) is 0 Å². The number of hydrogen-bond donors (Lipinski definition) is 3. The fourth-order valence-corrected chi connectivity index (χ4v) is 3.35. The molecule has 6 heteroatoms. The van der Waals surface area contributed by atoms with Crippen molar-refractivity contribution in [3.05, 3.63) is 56.8 Å². The van der Waals surface area contributed by atoms with Gasteiger partial charge in [-0.05, 0) is 40.5 Å². The second-order valence-electron chi connectivity index (χ2n) is 7.68. The third-order valence-electron chi connectivity index (χ3n) is 4.87. The van der Waals surface area contributed by atoms with E-state index in [1.807, 2.05) is 27.7 Å². The van der Waals surface area contributed by atoms with Crippen LogP contribution in [0.1, 0.15) is 42.9 Å². The van der Waals surface area contributed by atoms with Crippen LogP contribution in [0.4, 0.5) is 0 Å². The molecular formula is C24H26O6. The van der Waals surface area contributed by atoms with E-state index in [1.54, 1.807) is 12.2 Å². The molecule has 1 aromatic heterocycles. The number of aromatic hydroxyl groups is 3. The second kappa shape index (κ2) is 8.14. The van der Waals surface area contributed by atoms with Crippen molar-refractivity contribution in [2.75, 3.05) is 7.04 Å². The number of hydrogen-bond acceptors (Lipinski definition) is 6. The minimum Gasteiger partial charge on any atom is -0.507 e. The minimum absolute atomic E-state index is 0.0220. The van der Waals surface area contributed by atoms with Crippen LogP contribution in [0.25, 0.3) is 21.9 Å².